The lowest BCUT2D eigenvalue weighted by Gasteiger charge is -2.06. The molecule has 3 rings (SSSR count). The molecular weight excluding hydrogens is 244 g/mol. The van der Waals surface area contributed by atoms with Gasteiger partial charge < -0.3 is 0 Å². The Labute approximate surface area is 109 Å². The molecule has 0 amide bonds. The van der Waals surface area contributed by atoms with Gasteiger partial charge in [0.2, 0.25) is 0 Å². The summed E-state index contributed by atoms with van der Waals surface area (Å²) < 4.78 is 2.00. The van der Waals surface area contributed by atoms with Gasteiger partial charge in [0.25, 0.3) is 10.8 Å². The highest BCUT2D eigenvalue weighted by molar-refractivity contribution is 7.14. The first-order valence-corrected chi connectivity index (χ1v) is 6.53. The van der Waals surface area contributed by atoms with Gasteiger partial charge in [0.1, 0.15) is 0 Å². The second kappa shape index (κ2) is 4.34. The molecule has 0 spiro atoms. The first-order chi connectivity index (χ1) is 8.75. The van der Waals surface area contributed by atoms with Crippen molar-refractivity contribution in [2.45, 2.75) is 0 Å². The second-order valence-electron chi connectivity index (χ2n) is 4.16. The van der Waals surface area contributed by atoms with Crippen LogP contribution in [0.4, 0.5) is 5.95 Å². The molecule has 4 nitrogen and oxygen atoms in total. The molecule has 0 unspecified atom stereocenters. The quantitative estimate of drug-likeness (QED) is 0.658. The molecule has 18 heavy (non-hydrogen) atoms. The van der Waals surface area contributed by atoms with E-state index in [-0.39, 0.29) is 0 Å². The van der Waals surface area contributed by atoms with Crippen LogP contribution in [0.25, 0.3) is 16.3 Å². The third kappa shape index (κ3) is 1.82. The first kappa shape index (κ1) is 11.1. The van der Waals surface area contributed by atoms with E-state index < -0.39 is 0 Å². The predicted molar refractivity (Wildman–Crippen MR) is 72.8 cm³/mol. The molecule has 3 aromatic rings. The second-order valence-corrected chi connectivity index (χ2v) is 5.04. The van der Waals surface area contributed by atoms with Gasteiger partial charge in [-0.2, -0.15) is 4.40 Å². The number of anilines is 1. The summed E-state index contributed by atoms with van der Waals surface area (Å²) in [6, 6.07) is 10.0. The van der Waals surface area contributed by atoms with Gasteiger partial charge in [0, 0.05) is 25.0 Å². The van der Waals surface area contributed by atoms with E-state index in [1.54, 1.807) is 11.3 Å². The third-order valence-electron chi connectivity index (χ3n) is 2.64. The van der Waals surface area contributed by atoms with Crippen molar-refractivity contribution in [2.75, 3.05) is 19.0 Å². The van der Waals surface area contributed by atoms with Gasteiger partial charge in [-0.25, -0.2) is 0 Å². The van der Waals surface area contributed by atoms with E-state index in [4.69, 9.17) is 0 Å². The minimum absolute atomic E-state index is 0.766. The van der Waals surface area contributed by atoms with Crippen molar-refractivity contribution in [3.05, 3.63) is 41.9 Å². The maximum Gasteiger partial charge on any atom is 0.357 e. The largest absolute Gasteiger partial charge is 0.357 e. The fraction of sp³-hybridized carbons (Fsp3) is 0.154. The van der Waals surface area contributed by atoms with Crippen LogP contribution in [0.5, 0.6) is 0 Å². The Kier molecular flexibility index (Phi) is 2.68. The number of rotatable bonds is 2. The summed E-state index contributed by atoms with van der Waals surface area (Å²) in [4.78, 5) is 12.2. The maximum atomic E-state index is 4.63. The zero-order valence-corrected chi connectivity index (χ0v) is 11.1. The van der Waals surface area contributed by atoms with Gasteiger partial charge in [-0.1, -0.05) is 39.5 Å². The summed E-state index contributed by atoms with van der Waals surface area (Å²) in [7, 11) is 3.97. The molecule has 5 heteroatoms. The topological polar surface area (TPSA) is 33.1 Å². The normalized spacial score (nSPS) is 10.8. The Morgan fingerprint density at radius 2 is 1.89 bits per heavy atom. The molecule has 0 saturated heterocycles. The van der Waals surface area contributed by atoms with Crippen molar-refractivity contribution in [1.29, 1.82) is 0 Å². The minimum Gasteiger partial charge on any atom is -0.286 e. The smallest absolute Gasteiger partial charge is 0.286 e. The van der Waals surface area contributed by atoms with Crippen molar-refractivity contribution in [2.24, 2.45) is 0 Å². The fourth-order valence-corrected chi connectivity index (χ4v) is 2.50. The molecule has 0 radical (unpaired) electrons. The molecule has 0 bridgehead atoms. The summed E-state index contributed by atoms with van der Waals surface area (Å²) >= 11 is 1.61. The molecule has 2 aromatic heterocycles. The van der Waals surface area contributed by atoms with E-state index in [1.165, 1.54) is 0 Å². The highest BCUT2D eigenvalue weighted by atomic mass is 32.1. The van der Waals surface area contributed by atoms with Gasteiger partial charge in [-0.3, -0.25) is 4.90 Å². The molecule has 2 heterocycles. The number of aromatic nitrogens is 3. The van der Waals surface area contributed by atoms with Crippen LogP contribution < -0.4 is 9.30 Å². The van der Waals surface area contributed by atoms with Crippen LogP contribution >= 0.6 is 11.3 Å². The van der Waals surface area contributed by atoms with Crippen LogP contribution in [0.1, 0.15) is 0 Å². The molecule has 0 aliphatic rings. The van der Waals surface area contributed by atoms with Gasteiger partial charge in [-0.15, -0.1) is 0 Å². The Hall–Kier alpha value is -2.01. The molecular formula is C13H13N4S+. The number of thiazole rings is 1. The summed E-state index contributed by atoms with van der Waals surface area (Å²) in [6.07, 6.45) is 1.99. The van der Waals surface area contributed by atoms with Gasteiger partial charge in [0.15, 0.2) is 0 Å². The zero-order chi connectivity index (χ0) is 12.5. The Balaban J connectivity index is 2.25. The highest BCUT2D eigenvalue weighted by Crippen LogP contribution is 2.17. The molecule has 0 aliphatic heterocycles. The van der Waals surface area contributed by atoms with Crippen LogP contribution in [0.15, 0.2) is 41.9 Å². The van der Waals surface area contributed by atoms with E-state index in [0.29, 0.717) is 0 Å². The monoisotopic (exact) mass is 257 g/mol. The van der Waals surface area contributed by atoms with Crippen LogP contribution in [0, 0.1) is 0 Å². The molecule has 1 aromatic carbocycles. The maximum absolute atomic E-state index is 4.63. The standard InChI is InChI=1S/C13H13N4S/c1-16(2)12-14-11(10-6-4-3-5-7-10)15-13-17(12)8-9-18-13/h3-9H,1-2H3/q+1. The summed E-state index contributed by atoms with van der Waals surface area (Å²) in [5.41, 5.74) is 1.04. The van der Waals surface area contributed by atoms with Crippen molar-refractivity contribution in [3.63, 3.8) is 0 Å². The number of fused-ring (bicyclic) bond motifs is 1. The Morgan fingerprint density at radius 3 is 2.61 bits per heavy atom. The van der Waals surface area contributed by atoms with Crippen molar-refractivity contribution in [1.82, 2.24) is 9.97 Å². The lowest BCUT2D eigenvalue weighted by atomic mass is 10.2. The van der Waals surface area contributed by atoms with Gasteiger partial charge in [-0.05, 0) is 12.1 Å². The van der Waals surface area contributed by atoms with Crippen LogP contribution in [-0.4, -0.2) is 24.1 Å². The van der Waals surface area contributed by atoms with Crippen molar-refractivity contribution in [3.8, 4) is 11.4 Å². The SMILES string of the molecule is CN(C)c1nc(-c2ccccc2)nc2scc[n+]12. The van der Waals surface area contributed by atoms with E-state index >= 15 is 0 Å². The van der Waals surface area contributed by atoms with Gasteiger partial charge in [0.05, 0.1) is 6.20 Å². The number of nitrogens with zero attached hydrogens (tertiary/aromatic N) is 4. The Morgan fingerprint density at radius 1 is 1.11 bits per heavy atom. The van der Waals surface area contributed by atoms with E-state index in [9.17, 15) is 0 Å². The van der Waals surface area contributed by atoms with Gasteiger partial charge >= 0.3 is 5.95 Å². The number of hydrogen-bond acceptors (Lipinski definition) is 4. The average Bonchev–Trinajstić information content (AvgIpc) is 2.86. The van der Waals surface area contributed by atoms with E-state index in [2.05, 4.69) is 9.97 Å². The van der Waals surface area contributed by atoms with Crippen LogP contribution in [-0.2, 0) is 0 Å². The molecule has 0 fully saturated rings. The molecule has 90 valence electrons. The van der Waals surface area contributed by atoms with Crippen LogP contribution in [0.2, 0.25) is 0 Å². The average molecular weight is 257 g/mol. The van der Waals surface area contributed by atoms with E-state index in [0.717, 1.165) is 22.3 Å². The third-order valence-corrected chi connectivity index (χ3v) is 3.40. The number of benzene rings is 1. The van der Waals surface area contributed by atoms with Crippen molar-refractivity contribution >= 4 is 22.2 Å². The summed E-state index contributed by atoms with van der Waals surface area (Å²) in [5.74, 6) is 1.65. The van der Waals surface area contributed by atoms with E-state index in [1.807, 2.05) is 65.3 Å². The minimum atomic E-state index is 0.766. The zero-order valence-electron chi connectivity index (χ0n) is 10.2. The molecule has 0 N–H and O–H groups in total. The predicted octanol–water partition coefficient (Wildman–Crippen LogP) is 2.01. The lowest BCUT2D eigenvalue weighted by Crippen LogP contribution is -2.31. The molecule has 0 atom stereocenters. The number of hydrogen-bond donors (Lipinski definition) is 0. The first-order valence-electron chi connectivity index (χ1n) is 5.65. The summed E-state index contributed by atoms with van der Waals surface area (Å²) in [5, 5.41) is 2.02. The Bertz CT molecular complexity index is 676. The molecule has 0 aliphatic carbocycles. The lowest BCUT2D eigenvalue weighted by molar-refractivity contribution is -0.499. The fourth-order valence-electron chi connectivity index (χ4n) is 1.80. The summed E-state index contributed by atoms with van der Waals surface area (Å²) in [6.45, 7) is 0. The van der Waals surface area contributed by atoms with Crippen molar-refractivity contribution < 1.29 is 4.40 Å². The highest BCUT2D eigenvalue weighted by Gasteiger charge is 2.18. The van der Waals surface area contributed by atoms with Crippen LogP contribution in [0.3, 0.4) is 0 Å². The molecule has 0 saturated carbocycles.